The average molecular weight is 139 g/mol. The Labute approximate surface area is 59.2 Å². The molecule has 3 heteroatoms. The highest BCUT2D eigenvalue weighted by atomic mass is 16.5. The first kappa shape index (κ1) is 7.02. The van der Waals surface area contributed by atoms with Crippen LogP contribution in [0.5, 0.6) is 0 Å². The number of ether oxygens (including phenoxy) is 1. The van der Waals surface area contributed by atoms with E-state index in [-0.39, 0.29) is 12.4 Å². The van der Waals surface area contributed by atoms with Gasteiger partial charge >= 0.3 is 0 Å². The molecule has 2 N–H and O–H groups in total. The summed E-state index contributed by atoms with van der Waals surface area (Å²) in [6.07, 6.45) is 4.82. The quantitative estimate of drug-likeness (QED) is 0.555. The minimum atomic E-state index is -0.0281. The summed E-state index contributed by atoms with van der Waals surface area (Å²) in [4.78, 5) is 10.7. The molecule has 0 spiro atoms. The number of nitrogens with two attached hydrogens (primary N) is 1. The van der Waals surface area contributed by atoms with Crippen LogP contribution in [0.4, 0.5) is 0 Å². The van der Waals surface area contributed by atoms with Crippen LogP contribution in [0.1, 0.15) is 0 Å². The molecule has 0 unspecified atom stereocenters. The average Bonchev–Trinajstić information content (AvgIpc) is 2.14. The largest absolute Gasteiger partial charge is 0.488 e. The summed E-state index contributed by atoms with van der Waals surface area (Å²) in [6.45, 7) is 0.456. The van der Waals surface area contributed by atoms with Crippen molar-refractivity contribution in [1.29, 1.82) is 0 Å². The Morgan fingerprint density at radius 1 is 1.70 bits per heavy atom. The van der Waals surface area contributed by atoms with Gasteiger partial charge in [0.05, 0.1) is 6.54 Å². The van der Waals surface area contributed by atoms with Crippen LogP contribution in [0.3, 0.4) is 0 Å². The molecule has 0 bridgehead atoms. The number of ketones is 1. The standard InChI is InChI=1S/C7H9NO2/c8-4-7-3-1-2-6(9)5-10-7/h1-3H,4-5,8H2. The monoisotopic (exact) mass is 139 g/mol. The van der Waals surface area contributed by atoms with Crippen molar-refractivity contribution in [3.8, 4) is 0 Å². The topological polar surface area (TPSA) is 52.3 Å². The van der Waals surface area contributed by atoms with Gasteiger partial charge in [-0.15, -0.1) is 0 Å². The zero-order valence-electron chi connectivity index (χ0n) is 5.54. The molecule has 1 aliphatic rings. The number of hydrogen-bond acceptors (Lipinski definition) is 3. The maximum absolute atomic E-state index is 10.7. The van der Waals surface area contributed by atoms with Gasteiger partial charge in [-0.25, -0.2) is 0 Å². The smallest absolute Gasteiger partial charge is 0.193 e. The Morgan fingerprint density at radius 2 is 2.50 bits per heavy atom. The Kier molecular flexibility index (Phi) is 2.23. The van der Waals surface area contributed by atoms with Gasteiger partial charge in [-0.1, -0.05) is 6.08 Å². The SMILES string of the molecule is NCC1=CC=CC(=O)CO1. The van der Waals surface area contributed by atoms with Gasteiger partial charge in [-0.2, -0.15) is 0 Å². The van der Waals surface area contributed by atoms with Gasteiger partial charge in [-0.3, -0.25) is 4.79 Å². The third-order valence-corrected chi connectivity index (χ3v) is 1.17. The molecule has 1 aliphatic heterocycles. The lowest BCUT2D eigenvalue weighted by Crippen LogP contribution is -2.09. The maximum atomic E-state index is 10.7. The van der Waals surface area contributed by atoms with E-state index in [4.69, 9.17) is 10.5 Å². The number of carbonyl (C=O) groups is 1. The summed E-state index contributed by atoms with van der Waals surface area (Å²) in [7, 11) is 0. The van der Waals surface area contributed by atoms with Crippen LogP contribution in [0, 0.1) is 0 Å². The highest BCUT2D eigenvalue weighted by Crippen LogP contribution is 1.99. The lowest BCUT2D eigenvalue weighted by molar-refractivity contribution is -0.117. The summed E-state index contributed by atoms with van der Waals surface area (Å²) >= 11 is 0. The Hall–Kier alpha value is -1.09. The van der Waals surface area contributed by atoms with E-state index >= 15 is 0 Å². The summed E-state index contributed by atoms with van der Waals surface area (Å²) in [5.74, 6) is 0.627. The van der Waals surface area contributed by atoms with Crippen molar-refractivity contribution in [2.45, 2.75) is 0 Å². The van der Waals surface area contributed by atoms with E-state index in [0.29, 0.717) is 12.3 Å². The fourth-order valence-electron chi connectivity index (χ4n) is 0.650. The fourth-order valence-corrected chi connectivity index (χ4v) is 0.650. The van der Waals surface area contributed by atoms with E-state index in [1.54, 1.807) is 12.2 Å². The van der Waals surface area contributed by atoms with Crippen LogP contribution >= 0.6 is 0 Å². The fraction of sp³-hybridized carbons (Fsp3) is 0.286. The Bertz CT molecular complexity index is 194. The zero-order chi connectivity index (χ0) is 7.40. The molecule has 0 radical (unpaired) electrons. The third kappa shape index (κ3) is 1.70. The van der Waals surface area contributed by atoms with Gasteiger partial charge in [0.15, 0.2) is 12.4 Å². The van der Waals surface area contributed by atoms with E-state index in [0.717, 1.165) is 0 Å². The van der Waals surface area contributed by atoms with Crippen molar-refractivity contribution in [2.75, 3.05) is 13.2 Å². The lowest BCUT2D eigenvalue weighted by atomic mass is 10.3. The first-order chi connectivity index (χ1) is 4.83. The summed E-state index contributed by atoms with van der Waals surface area (Å²) in [6, 6.07) is 0. The Morgan fingerprint density at radius 3 is 3.20 bits per heavy atom. The van der Waals surface area contributed by atoms with Gasteiger partial charge in [0.2, 0.25) is 0 Å². The molecule has 0 aromatic rings. The molecule has 54 valence electrons. The second kappa shape index (κ2) is 3.17. The highest BCUT2D eigenvalue weighted by Gasteiger charge is 2.02. The van der Waals surface area contributed by atoms with Crippen molar-refractivity contribution in [3.63, 3.8) is 0 Å². The van der Waals surface area contributed by atoms with Crippen LogP contribution in [-0.4, -0.2) is 18.9 Å². The van der Waals surface area contributed by atoms with Crippen molar-refractivity contribution in [1.82, 2.24) is 0 Å². The second-order valence-electron chi connectivity index (χ2n) is 1.95. The molecule has 3 nitrogen and oxygen atoms in total. The molecular formula is C7H9NO2. The van der Waals surface area contributed by atoms with Crippen molar-refractivity contribution in [2.24, 2.45) is 5.73 Å². The third-order valence-electron chi connectivity index (χ3n) is 1.17. The van der Waals surface area contributed by atoms with Crippen molar-refractivity contribution >= 4 is 5.78 Å². The molecule has 0 amide bonds. The van der Waals surface area contributed by atoms with Gasteiger partial charge < -0.3 is 10.5 Å². The van der Waals surface area contributed by atoms with E-state index in [2.05, 4.69) is 0 Å². The van der Waals surface area contributed by atoms with E-state index in [1.807, 2.05) is 0 Å². The molecule has 0 saturated carbocycles. The molecule has 1 heterocycles. The number of carbonyl (C=O) groups excluding carboxylic acids is 1. The highest BCUT2D eigenvalue weighted by molar-refractivity contribution is 5.91. The number of hydrogen-bond donors (Lipinski definition) is 1. The van der Waals surface area contributed by atoms with Crippen LogP contribution in [0.15, 0.2) is 24.0 Å². The zero-order valence-corrected chi connectivity index (χ0v) is 5.54. The van der Waals surface area contributed by atoms with Crippen LogP contribution in [-0.2, 0) is 9.53 Å². The normalized spacial score (nSPS) is 17.7. The van der Waals surface area contributed by atoms with Crippen LogP contribution < -0.4 is 5.73 Å². The maximum Gasteiger partial charge on any atom is 0.193 e. The first-order valence-corrected chi connectivity index (χ1v) is 3.06. The molecule has 0 aromatic carbocycles. The van der Waals surface area contributed by atoms with E-state index < -0.39 is 0 Å². The van der Waals surface area contributed by atoms with Gasteiger partial charge in [0.25, 0.3) is 0 Å². The molecule has 0 fully saturated rings. The molecule has 0 aliphatic carbocycles. The van der Waals surface area contributed by atoms with Gasteiger partial charge in [0, 0.05) is 0 Å². The molecule has 10 heavy (non-hydrogen) atoms. The minimum Gasteiger partial charge on any atom is -0.488 e. The van der Waals surface area contributed by atoms with E-state index in [1.165, 1.54) is 6.08 Å². The number of allylic oxidation sites excluding steroid dienone is 2. The predicted molar refractivity (Wildman–Crippen MR) is 37.2 cm³/mol. The molecule has 1 rings (SSSR count). The van der Waals surface area contributed by atoms with Crippen LogP contribution in [0.2, 0.25) is 0 Å². The second-order valence-corrected chi connectivity index (χ2v) is 1.95. The Balaban J connectivity index is 2.60. The summed E-state index contributed by atoms with van der Waals surface area (Å²) < 4.78 is 4.99. The first-order valence-electron chi connectivity index (χ1n) is 3.06. The number of rotatable bonds is 1. The van der Waals surface area contributed by atoms with Crippen molar-refractivity contribution < 1.29 is 9.53 Å². The molecular weight excluding hydrogens is 130 g/mol. The minimum absolute atomic E-state index is 0.0281. The molecule has 0 saturated heterocycles. The van der Waals surface area contributed by atoms with Crippen molar-refractivity contribution in [3.05, 3.63) is 24.0 Å². The molecule has 0 atom stereocenters. The van der Waals surface area contributed by atoms with Gasteiger partial charge in [-0.05, 0) is 12.2 Å². The van der Waals surface area contributed by atoms with E-state index in [9.17, 15) is 4.79 Å². The lowest BCUT2D eigenvalue weighted by Gasteiger charge is -2.02. The molecule has 0 aromatic heterocycles. The van der Waals surface area contributed by atoms with Crippen LogP contribution in [0.25, 0.3) is 0 Å². The summed E-state index contributed by atoms with van der Waals surface area (Å²) in [5.41, 5.74) is 5.28. The summed E-state index contributed by atoms with van der Waals surface area (Å²) in [5, 5.41) is 0. The predicted octanol–water partition coefficient (Wildman–Crippen LogP) is -0.0155. The van der Waals surface area contributed by atoms with Gasteiger partial charge in [0.1, 0.15) is 5.76 Å².